The normalized spacial score (nSPS) is 11.1. The third kappa shape index (κ3) is 2.83. The molecule has 1 aromatic heterocycles. The van der Waals surface area contributed by atoms with Gasteiger partial charge in [0.2, 0.25) is 0 Å². The Labute approximate surface area is 82.0 Å². The van der Waals surface area contributed by atoms with Crippen LogP contribution >= 0.6 is 0 Å². The summed E-state index contributed by atoms with van der Waals surface area (Å²) in [6.45, 7) is 0.259. The molecule has 0 aliphatic rings. The van der Waals surface area contributed by atoms with Crippen LogP contribution in [0.4, 0.5) is 0 Å². The summed E-state index contributed by atoms with van der Waals surface area (Å²) in [5, 5.41) is 14.2. The topological polar surface area (TPSA) is 98.6 Å². The van der Waals surface area contributed by atoms with Gasteiger partial charge >= 0.3 is 0 Å². The molecule has 6 nitrogen and oxygen atoms in total. The molecule has 76 valence electrons. The average Bonchev–Trinajstić information content (AvgIpc) is 2.65. The maximum absolute atomic E-state index is 11.4. The van der Waals surface area contributed by atoms with Gasteiger partial charge in [0.05, 0.1) is 12.3 Å². The highest BCUT2D eigenvalue weighted by molar-refractivity contribution is 7.89. The summed E-state index contributed by atoms with van der Waals surface area (Å²) in [6, 6.07) is 3.30. The van der Waals surface area contributed by atoms with Gasteiger partial charge < -0.3 is 0 Å². The van der Waals surface area contributed by atoms with Gasteiger partial charge in [-0.3, -0.25) is 5.10 Å². The van der Waals surface area contributed by atoms with Crippen LogP contribution in [0.1, 0.15) is 12.8 Å². The Balaban J connectivity index is 2.49. The third-order valence-corrected chi connectivity index (χ3v) is 2.91. The van der Waals surface area contributed by atoms with Gasteiger partial charge in [0.15, 0.2) is 5.03 Å². The summed E-state index contributed by atoms with van der Waals surface area (Å²) in [5.41, 5.74) is 0. The fourth-order valence-electron chi connectivity index (χ4n) is 0.845. The number of aromatic amines is 1. The van der Waals surface area contributed by atoms with Crippen LogP contribution in [0.5, 0.6) is 0 Å². The molecular formula is C7H10N4O2S. The fraction of sp³-hybridized carbons (Fsp3) is 0.429. The van der Waals surface area contributed by atoms with Gasteiger partial charge in [-0.1, -0.05) is 0 Å². The summed E-state index contributed by atoms with van der Waals surface area (Å²) in [7, 11) is -3.47. The van der Waals surface area contributed by atoms with E-state index >= 15 is 0 Å². The van der Waals surface area contributed by atoms with E-state index in [1.165, 1.54) is 12.3 Å². The molecule has 1 aromatic rings. The quantitative estimate of drug-likeness (QED) is 0.673. The predicted octanol–water partition coefficient (Wildman–Crippen LogP) is -0.00822. The molecule has 0 saturated heterocycles. The first-order valence-electron chi connectivity index (χ1n) is 4.03. The summed E-state index contributed by atoms with van der Waals surface area (Å²) >= 11 is 0. The van der Waals surface area contributed by atoms with Crippen LogP contribution < -0.4 is 4.72 Å². The van der Waals surface area contributed by atoms with E-state index in [0.29, 0.717) is 12.8 Å². The summed E-state index contributed by atoms with van der Waals surface area (Å²) in [6.07, 6.45) is 2.21. The molecule has 14 heavy (non-hydrogen) atoms. The third-order valence-electron chi connectivity index (χ3n) is 1.52. The van der Waals surface area contributed by atoms with E-state index in [-0.39, 0.29) is 11.6 Å². The molecule has 0 amide bonds. The molecule has 0 aliphatic carbocycles. The SMILES string of the molecule is N#CCCCNS(=O)(=O)c1ccn[nH]1. The first-order chi connectivity index (χ1) is 6.67. The van der Waals surface area contributed by atoms with E-state index in [1.807, 2.05) is 6.07 Å². The van der Waals surface area contributed by atoms with E-state index in [2.05, 4.69) is 14.9 Å². The zero-order chi connectivity index (χ0) is 10.4. The summed E-state index contributed by atoms with van der Waals surface area (Å²) in [5.74, 6) is 0. The molecule has 0 radical (unpaired) electrons. The van der Waals surface area contributed by atoms with E-state index in [1.54, 1.807) is 0 Å². The van der Waals surface area contributed by atoms with Gasteiger partial charge in [-0.2, -0.15) is 10.4 Å². The number of rotatable bonds is 5. The second kappa shape index (κ2) is 4.74. The number of nitrogens with zero attached hydrogens (tertiary/aromatic N) is 2. The first kappa shape index (κ1) is 10.7. The molecule has 1 heterocycles. The van der Waals surface area contributed by atoms with Crippen LogP contribution in [0.25, 0.3) is 0 Å². The number of nitrogens with one attached hydrogen (secondary N) is 2. The molecule has 2 N–H and O–H groups in total. The van der Waals surface area contributed by atoms with Crippen molar-refractivity contribution < 1.29 is 8.42 Å². The van der Waals surface area contributed by atoms with E-state index in [9.17, 15) is 8.42 Å². The van der Waals surface area contributed by atoms with Gasteiger partial charge in [0, 0.05) is 13.0 Å². The van der Waals surface area contributed by atoms with E-state index in [4.69, 9.17) is 5.26 Å². The zero-order valence-corrected chi connectivity index (χ0v) is 8.21. The lowest BCUT2D eigenvalue weighted by atomic mass is 10.3. The molecular weight excluding hydrogens is 204 g/mol. The summed E-state index contributed by atoms with van der Waals surface area (Å²) < 4.78 is 25.1. The van der Waals surface area contributed by atoms with Crippen LogP contribution in [-0.4, -0.2) is 25.2 Å². The van der Waals surface area contributed by atoms with Crippen molar-refractivity contribution in [2.24, 2.45) is 0 Å². The first-order valence-corrected chi connectivity index (χ1v) is 5.51. The number of hydrogen-bond acceptors (Lipinski definition) is 4. The lowest BCUT2D eigenvalue weighted by molar-refractivity contribution is 0.575. The molecule has 1 rings (SSSR count). The fourth-order valence-corrected chi connectivity index (χ4v) is 1.83. The van der Waals surface area contributed by atoms with Crippen LogP contribution in [0.2, 0.25) is 0 Å². The van der Waals surface area contributed by atoms with Crippen molar-refractivity contribution >= 4 is 10.0 Å². The highest BCUT2D eigenvalue weighted by Crippen LogP contribution is 2.01. The molecule has 0 atom stereocenters. The van der Waals surface area contributed by atoms with Gasteiger partial charge in [-0.15, -0.1) is 0 Å². The lowest BCUT2D eigenvalue weighted by Gasteiger charge is -2.01. The standard InChI is InChI=1S/C7H10N4O2S/c8-4-1-2-5-10-14(12,13)7-3-6-9-11-7/h3,6,10H,1-2,5H2,(H,9,11). The Morgan fingerprint density at radius 1 is 1.64 bits per heavy atom. The Morgan fingerprint density at radius 3 is 3.00 bits per heavy atom. The lowest BCUT2D eigenvalue weighted by Crippen LogP contribution is -2.25. The maximum Gasteiger partial charge on any atom is 0.257 e. The van der Waals surface area contributed by atoms with Gasteiger partial charge in [0.25, 0.3) is 10.0 Å². The number of sulfonamides is 1. The maximum atomic E-state index is 11.4. The van der Waals surface area contributed by atoms with Crippen molar-refractivity contribution in [3.8, 4) is 6.07 Å². The van der Waals surface area contributed by atoms with Crippen LogP contribution in [0, 0.1) is 11.3 Å². The van der Waals surface area contributed by atoms with Crippen LogP contribution in [0.15, 0.2) is 17.3 Å². The second-order valence-electron chi connectivity index (χ2n) is 2.58. The number of unbranched alkanes of at least 4 members (excludes halogenated alkanes) is 1. The van der Waals surface area contributed by atoms with Gasteiger partial charge in [0.1, 0.15) is 0 Å². The zero-order valence-electron chi connectivity index (χ0n) is 7.40. The smallest absolute Gasteiger partial charge is 0.257 e. The minimum atomic E-state index is -3.47. The average molecular weight is 214 g/mol. The molecule has 0 saturated carbocycles. The van der Waals surface area contributed by atoms with E-state index in [0.717, 1.165) is 0 Å². The molecule has 7 heteroatoms. The van der Waals surface area contributed by atoms with Crippen molar-refractivity contribution in [1.29, 1.82) is 5.26 Å². The highest BCUT2D eigenvalue weighted by atomic mass is 32.2. The molecule has 0 aromatic carbocycles. The molecule has 0 spiro atoms. The van der Waals surface area contributed by atoms with Crippen molar-refractivity contribution in [2.75, 3.05) is 6.54 Å². The second-order valence-corrected chi connectivity index (χ2v) is 4.32. The Hall–Kier alpha value is -1.39. The summed E-state index contributed by atoms with van der Waals surface area (Å²) in [4.78, 5) is 0. The van der Waals surface area contributed by atoms with Gasteiger partial charge in [-0.05, 0) is 12.5 Å². The Kier molecular flexibility index (Phi) is 3.62. The number of nitriles is 1. The molecule has 0 aliphatic heterocycles. The Morgan fingerprint density at radius 2 is 2.43 bits per heavy atom. The van der Waals surface area contributed by atoms with Crippen molar-refractivity contribution in [2.45, 2.75) is 17.9 Å². The van der Waals surface area contributed by atoms with Crippen molar-refractivity contribution in [1.82, 2.24) is 14.9 Å². The highest BCUT2D eigenvalue weighted by Gasteiger charge is 2.13. The molecule has 0 unspecified atom stereocenters. The number of hydrogen-bond donors (Lipinski definition) is 2. The minimum absolute atomic E-state index is 0.0365. The minimum Gasteiger partial charge on any atom is -0.266 e. The monoisotopic (exact) mass is 214 g/mol. The van der Waals surface area contributed by atoms with Crippen LogP contribution in [-0.2, 0) is 10.0 Å². The van der Waals surface area contributed by atoms with Crippen molar-refractivity contribution in [3.05, 3.63) is 12.3 Å². The number of H-pyrrole nitrogens is 1. The number of aromatic nitrogens is 2. The predicted molar refractivity (Wildman–Crippen MR) is 48.6 cm³/mol. The largest absolute Gasteiger partial charge is 0.266 e. The van der Waals surface area contributed by atoms with Gasteiger partial charge in [-0.25, -0.2) is 13.1 Å². The molecule has 0 fully saturated rings. The Bertz CT molecular complexity index is 403. The van der Waals surface area contributed by atoms with Crippen molar-refractivity contribution in [3.63, 3.8) is 0 Å². The van der Waals surface area contributed by atoms with Crippen LogP contribution in [0.3, 0.4) is 0 Å². The van der Waals surface area contributed by atoms with E-state index < -0.39 is 10.0 Å². The molecule has 0 bridgehead atoms.